The van der Waals surface area contributed by atoms with E-state index < -0.39 is 0 Å². The molecule has 2 aromatic heterocycles. The summed E-state index contributed by atoms with van der Waals surface area (Å²) in [5.74, 6) is 0.810. The molecule has 1 fully saturated rings. The summed E-state index contributed by atoms with van der Waals surface area (Å²) in [6.45, 7) is 5.15. The van der Waals surface area contributed by atoms with Crippen LogP contribution in [0.25, 0.3) is 11.1 Å². The largest absolute Gasteiger partial charge is 0.342 e. The van der Waals surface area contributed by atoms with Gasteiger partial charge in [0.25, 0.3) is 5.71 Å². The van der Waals surface area contributed by atoms with Gasteiger partial charge in [-0.2, -0.15) is 4.98 Å². The van der Waals surface area contributed by atoms with Gasteiger partial charge in [0.05, 0.1) is 5.69 Å². The zero-order valence-corrected chi connectivity index (χ0v) is 11.1. The third-order valence-electron chi connectivity index (χ3n) is 3.57. The summed E-state index contributed by atoms with van der Waals surface area (Å²) in [7, 11) is 1.82. The van der Waals surface area contributed by atoms with Crippen LogP contribution in [0.1, 0.15) is 12.6 Å². The number of amides is 1. The third-order valence-corrected chi connectivity index (χ3v) is 3.57. The Balaban J connectivity index is 2.09. The predicted molar refractivity (Wildman–Crippen MR) is 68.8 cm³/mol. The van der Waals surface area contributed by atoms with E-state index in [0.29, 0.717) is 12.3 Å². The van der Waals surface area contributed by atoms with Crippen LogP contribution in [-0.2, 0) is 4.79 Å². The second-order valence-electron chi connectivity index (χ2n) is 4.77. The van der Waals surface area contributed by atoms with Crippen molar-refractivity contribution in [2.75, 3.05) is 25.0 Å². The quantitative estimate of drug-likeness (QED) is 0.748. The molecule has 7 nitrogen and oxygen atoms in total. The number of hydrogen-bond donors (Lipinski definition) is 0. The zero-order valence-electron chi connectivity index (χ0n) is 11.1. The van der Waals surface area contributed by atoms with Gasteiger partial charge in [-0.3, -0.25) is 4.79 Å². The lowest BCUT2D eigenvalue weighted by atomic mass is 10.1. The lowest BCUT2D eigenvalue weighted by Gasteiger charge is -2.38. The Bertz CT molecular complexity index is 638. The number of aromatic nitrogens is 3. The molecular formula is C12H15N5O2. The van der Waals surface area contributed by atoms with Crippen LogP contribution >= 0.6 is 0 Å². The molecule has 1 saturated heterocycles. The van der Waals surface area contributed by atoms with E-state index >= 15 is 0 Å². The summed E-state index contributed by atoms with van der Waals surface area (Å²) in [4.78, 5) is 24.2. The van der Waals surface area contributed by atoms with Gasteiger partial charge in [-0.25, -0.2) is 4.98 Å². The van der Waals surface area contributed by atoms with E-state index in [1.54, 1.807) is 4.90 Å². The van der Waals surface area contributed by atoms with Crippen LogP contribution in [0, 0.1) is 6.92 Å². The first-order valence-electron chi connectivity index (χ1n) is 6.18. The zero-order chi connectivity index (χ0) is 13.6. The Morgan fingerprint density at radius 3 is 2.95 bits per heavy atom. The smallest absolute Gasteiger partial charge is 0.263 e. The van der Waals surface area contributed by atoms with Crippen molar-refractivity contribution in [1.29, 1.82) is 0 Å². The molecule has 3 heterocycles. The lowest BCUT2D eigenvalue weighted by Crippen LogP contribution is -2.54. The summed E-state index contributed by atoms with van der Waals surface area (Å²) in [5, 5.41) is 4.69. The van der Waals surface area contributed by atoms with Gasteiger partial charge in [0.1, 0.15) is 23.6 Å². The van der Waals surface area contributed by atoms with E-state index in [9.17, 15) is 4.79 Å². The molecule has 1 aliphatic rings. The first-order valence-corrected chi connectivity index (χ1v) is 6.18. The average Bonchev–Trinajstić information content (AvgIpc) is 2.79. The second-order valence-corrected chi connectivity index (χ2v) is 4.77. The van der Waals surface area contributed by atoms with E-state index in [0.717, 1.165) is 23.4 Å². The highest BCUT2D eigenvalue weighted by Crippen LogP contribution is 2.28. The normalized spacial score (nSPS) is 20.4. The van der Waals surface area contributed by atoms with Crippen molar-refractivity contribution in [2.45, 2.75) is 19.9 Å². The van der Waals surface area contributed by atoms with Gasteiger partial charge < -0.3 is 14.3 Å². The number of carbonyl (C=O) groups excluding carboxylic acids is 1. The number of nitrogens with zero attached hydrogens (tertiary/aromatic N) is 5. The van der Waals surface area contributed by atoms with E-state index in [1.807, 2.05) is 25.8 Å². The summed E-state index contributed by atoms with van der Waals surface area (Å²) in [5.41, 5.74) is 1.20. The summed E-state index contributed by atoms with van der Waals surface area (Å²) < 4.78 is 5.14. The predicted octanol–water partition coefficient (Wildman–Crippen LogP) is 0.593. The molecule has 7 heteroatoms. The molecule has 0 saturated carbocycles. The number of aryl methyl sites for hydroxylation is 1. The molecule has 0 aliphatic carbocycles. The molecule has 1 unspecified atom stereocenters. The minimum atomic E-state index is -0.244. The molecule has 100 valence electrons. The number of piperazine rings is 1. The molecule has 1 amide bonds. The first-order chi connectivity index (χ1) is 9.09. The molecule has 0 aromatic carbocycles. The van der Waals surface area contributed by atoms with E-state index in [1.165, 1.54) is 6.33 Å². The standard InChI is InChI=1S/C12H15N5O2/c1-7-9-10(13-6-14-11(9)19-15-7)17-5-4-16(3)12(18)8(17)2/h6,8H,4-5H2,1-3H3. The van der Waals surface area contributed by atoms with E-state index in [-0.39, 0.29) is 11.9 Å². The van der Waals surface area contributed by atoms with Gasteiger partial charge in [-0.05, 0) is 13.8 Å². The fourth-order valence-corrected chi connectivity index (χ4v) is 2.42. The van der Waals surface area contributed by atoms with Gasteiger partial charge >= 0.3 is 0 Å². The average molecular weight is 261 g/mol. The third kappa shape index (κ3) is 1.73. The fourth-order valence-electron chi connectivity index (χ4n) is 2.42. The van der Waals surface area contributed by atoms with Gasteiger partial charge in [-0.15, -0.1) is 0 Å². The second kappa shape index (κ2) is 4.18. The molecule has 0 spiro atoms. The Hall–Kier alpha value is -2.18. The molecule has 0 N–H and O–H groups in total. The lowest BCUT2D eigenvalue weighted by molar-refractivity contribution is -0.132. The van der Waals surface area contributed by atoms with Crippen LogP contribution < -0.4 is 4.90 Å². The van der Waals surface area contributed by atoms with Crippen molar-refractivity contribution >= 4 is 22.8 Å². The Labute approximate surface area is 110 Å². The van der Waals surface area contributed by atoms with Crippen molar-refractivity contribution in [3.05, 3.63) is 12.0 Å². The van der Waals surface area contributed by atoms with Crippen LogP contribution in [0.3, 0.4) is 0 Å². The highest BCUT2D eigenvalue weighted by atomic mass is 16.5. The van der Waals surface area contributed by atoms with Crippen LogP contribution in [0.5, 0.6) is 0 Å². The van der Waals surface area contributed by atoms with Gasteiger partial charge in [0, 0.05) is 20.1 Å². The van der Waals surface area contributed by atoms with Gasteiger partial charge in [0.2, 0.25) is 5.91 Å². The van der Waals surface area contributed by atoms with Crippen molar-refractivity contribution in [1.82, 2.24) is 20.0 Å². The molecular weight excluding hydrogens is 246 g/mol. The minimum absolute atomic E-state index is 0.0899. The molecule has 3 rings (SSSR count). The SMILES string of the molecule is Cc1noc2ncnc(N3CCN(C)C(=O)C3C)c12. The Kier molecular flexibility index (Phi) is 2.62. The van der Waals surface area contributed by atoms with Crippen molar-refractivity contribution in [3.8, 4) is 0 Å². The van der Waals surface area contributed by atoms with E-state index in [4.69, 9.17) is 4.52 Å². The maximum absolute atomic E-state index is 12.1. The maximum atomic E-state index is 12.1. The number of rotatable bonds is 1. The minimum Gasteiger partial charge on any atom is -0.342 e. The number of anilines is 1. The van der Waals surface area contributed by atoms with Gasteiger partial charge in [0.15, 0.2) is 0 Å². The maximum Gasteiger partial charge on any atom is 0.263 e. The van der Waals surface area contributed by atoms with Gasteiger partial charge in [-0.1, -0.05) is 5.16 Å². The molecule has 0 bridgehead atoms. The van der Waals surface area contributed by atoms with Crippen LogP contribution in [0.4, 0.5) is 5.82 Å². The number of carbonyl (C=O) groups is 1. The first kappa shape index (κ1) is 11.9. The van der Waals surface area contributed by atoms with Crippen LogP contribution in [0.2, 0.25) is 0 Å². The van der Waals surface area contributed by atoms with Crippen molar-refractivity contribution in [2.24, 2.45) is 0 Å². The summed E-state index contributed by atoms with van der Waals surface area (Å²) in [6, 6.07) is -0.244. The molecule has 1 aliphatic heterocycles. The fraction of sp³-hybridized carbons (Fsp3) is 0.500. The van der Waals surface area contributed by atoms with E-state index in [2.05, 4.69) is 15.1 Å². The van der Waals surface area contributed by atoms with Crippen molar-refractivity contribution < 1.29 is 9.32 Å². The topological polar surface area (TPSA) is 75.4 Å². The molecule has 1 atom stereocenters. The Morgan fingerprint density at radius 2 is 2.16 bits per heavy atom. The molecule has 19 heavy (non-hydrogen) atoms. The number of hydrogen-bond acceptors (Lipinski definition) is 6. The molecule has 0 radical (unpaired) electrons. The highest BCUT2D eigenvalue weighted by Gasteiger charge is 2.32. The van der Waals surface area contributed by atoms with Crippen molar-refractivity contribution in [3.63, 3.8) is 0 Å². The van der Waals surface area contributed by atoms with Crippen LogP contribution in [-0.4, -0.2) is 52.1 Å². The number of likely N-dealkylation sites (N-methyl/N-ethyl adjacent to an activating group) is 1. The summed E-state index contributed by atoms with van der Waals surface area (Å²) in [6.07, 6.45) is 1.44. The highest BCUT2D eigenvalue weighted by molar-refractivity contribution is 5.92. The van der Waals surface area contributed by atoms with Crippen LogP contribution in [0.15, 0.2) is 10.9 Å². The molecule has 2 aromatic rings. The monoisotopic (exact) mass is 261 g/mol. The number of fused-ring (bicyclic) bond motifs is 1. The Morgan fingerprint density at radius 1 is 1.37 bits per heavy atom. The summed E-state index contributed by atoms with van der Waals surface area (Å²) >= 11 is 0.